The van der Waals surface area contributed by atoms with Crippen LogP contribution in [-0.4, -0.2) is 35.4 Å². The molecule has 30 heavy (non-hydrogen) atoms. The van der Waals surface area contributed by atoms with E-state index in [9.17, 15) is 19.5 Å². The molecular formula is C21H19N5O4. The van der Waals surface area contributed by atoms with Crippen LogP contribution in [0, 0.1) is 0 Å². The lowest BCUT2D eigenvalue weighted by Gasteiger charge is -2.12. The van der Waals surface area contributed by atoms with Gasteiger partial charge in [0.05, 0.1) is 23.5 Å². The Labute approximate surface area is 171 Å². The van der Waals surface area contributed by atoms with E-state index in [1.54, 1.807) is 48.5 Å². The topological polar surface area (TPSA) is 160 Å². The molecule has 0 unspecified atom stereocenters. The Morgan fingerprint density at radius 3 is 2.47 bits per heavy atom. The number of carbonyl (C=O) groups is 3. The minimum Gasteiger partial charge on any atom is -0.478 e. The standard InChI is InChI=1S/C21H19N5O4/c22-21(23)25-14-6-3-5-13(10-14)19(28)24-11-17(27)26-16-9-8-12-4-1-2-7-15(12)18(16)20(29)30/h1-10H,11H2,(H,24,28)(H,26,27)(H,29,30)(H4,22,23,25). The van der Waals surface area contributed by atoms with Crippen LogP contribution in [0.2, 0.25) is 0 Å². The molecule has 0 atom stereocenters. The van der Waals surface area contributed by atoms with Gasteiger partial charge in [0, 0.05) is 5.56 Å². The van der Waals surface area contributed by atoms with Crippen molar-refractivity contribution in [3.8, 4) is 0 Å². The molecule has 7 N–H and O–H groups in total. The maximum atomic E-state index is 12.3. The average Bonchev–Trinajstić information content (AvgIpc) is 2.71. The van der Waals surface area contributed by atoms with Crippen LogP contribution in [0.3, 0.4) is 0 Å². The maximum Gasteiger partial charge on any atom is 0.338 e. The van der Waals surface area contributed by atoms with Gasteiger partial charge in [0.2, 0.25) is 5.91 Å². The molecule has 0 spiro atoms. The zero-order valence-corrected chi connectivity index (χ0v) is 15.8. The third-order valence-electron chi connectivity index (χ3n) is 4.19. The predicted octanol–water partition coefficient (Wildman–Crippen LogP) is 1.81. The number of nitrogens with one attached hydrogen (secondary N) is 2. The van der Waals surface area contributed by atoms with Gasteiger partial charge in [-0.15, -0.1) is 0 Å². The van der Waals surface area contributed by atoms with Gasteiger partial charge in [-0.25, -0.2) is 9.79 Å². The molecule has 0 bridgehead atoms. The predicted molar refractivity (Wildman–Crippen MR) is 114 cm³/mol. The second-order valence-electron chi connectivity index (χ2n) is 6.33. The number of hydrogen-bond donors (Lipinski definition) is 5. The number of aliphatic imine (C=N–C) groups is 1. The van der Waals surface area contributed by atoms with Crippen molar-refractivity contribution >= 4 is 45.9 Å². The van der Waals surface area contributed by atoms with E-state index in [1.165, 1.54) is 12.1 Å². The van der Waals surface area contributed by atoms with Gasteiger partial charge >= 0.3 is 5.97 Å². The Kier molecular flexibility index (Phi) is 5.92. The van der Waals surface area contributed by atoms with Crippen LogP contribution >= 0.6 is 0 Å². The summed E-state index contributed by atoms with van der Waals surface area (Å²) in [7, 11) is 0. The van der Waals surface area contributed by atoms with E-state index < -0.39 is 17.8 Å². The molecule has 3 rings (SSSR count). The minimum atomic E-state index is -1.16. The van der Waals surface area contributed by atoms with Crippen molar-refractivity contribution < 1.29 is 19.5 Å². The molecule has 0 aliphatic rings. The molecule has 3 aromatic carbocycles. The fraction of sp³-hybridized carbons (Fsp3) is 0.0476. The van der Waals surface area contributed by atoms with Crippen LogP contribution in [0.5, 0.6) is 0 Å². The zero-order chi connectivity index (χ0) is 21.7. The number of nitrogens with two attached hydrogens (primary N) is 2. The van der Waals surface area contributed by atoms with E-state index in [1.807, 2.05) is 0 Å². The highest BCUT2D eigenvalue weighted by molar-refractivity contribution is 6.11. The summed E-state index contributed by atoms with van der Waals surface area (Å²) in [6.45, 7) is -0.350. The molecule has 0 saturated carbocycles. The van der Waals surface area contributed by atoms with E-state index in [-0.39, 0.29) is 29.3 Å². The number of fused-ring (bicyclic) bond motifs is 1. The number of hydrogen-bond acceptors (Lipinski definition) is 4. The van der Waals surface area contributed by atoms with Crippen molar-refractivity contribution in [2.45, 2.75) is 0 Å². The summed E-state index contributed by atoms with van der Waals surface area (Å²) in [4.78, 5) is 40.2. The summed E-state index contributed by atoms with van der Waals surface area (Å²) in [5.41, 5.74) is 11.4. The van der Waals surface area contributed by atoms with Crippen molar-refractivity contribution in [3.05, 3.63) is 71.8 Å². The molecule has 0 aliphatic heterocycles. The second-order valence-corrected chi connectivity index (χ2v) is 6.33. The summed E-state index contributed by atoms with van der Waals surface area (Å²) in [5, 5.41) is 15.8. The number of guanidine groups is 1. The first-order chi connectivity index (χ1) is 14.3. The van der Waals surface area contributed by atoms with Crippen LogP contribution in [-0.2, 0) is 4.79 Å². The molecule has 2 amide bonds. The number of anilines is 1. The lowest BCUT2D eigenvalue weighted by molar-refractivity contribution is -0.115. The smallest absolute Gasteiger partial charge is 0.338 e. The summed E-state index contributed by atoms with van der Waals surface area (Å²) >= 11 is 0. The molecule has 0 aromatic heterocycles. The molecule has 152 valence electrons. The SMILES string of the molecule is NC(N)=Nc1cccc(C(=O)NCC(=O)Nc2ccc3ccccc3c2C(=O)O)c1. The first kappa shape index (κ1) is 20.3. The minimum absolute atomic E-state index is 0.0160. The van der Waals surface area contributed by atoms with Gasteiger partial charge in [0.1, 0.15) is 0 Å². The van der Waals surface area contributed by atoms with Gasteiger partial charge in [-0.2, -0.15) is 0 Å². The molecular weight excluding hydrogens is 386 g/mol. The Balaban J connectivity index is 1.71. The van der Waals surface area contributed by atoms with E-state index in [0.29, 0.717) is 11.1 Å². The third-order valence-corrected chi connectivity index (χ3v) is 4.19. The highest BCUT2D eigenvalue weighted by Crippen LogP contribution is 2.26. The van der Waals surface area contributed by atoms with Crippen LogP contribution < -0.4 is 22.1 Å². The summed E-state index contributed by atoms with van der Waals surface area (Å²) in [6.07, 6.45) is 0. The van der Waals surface area contributed by atoms with E-state index in [2.05, 4.69) is 15.6 Å². The molecule has 0 heterocycles. The normalized spacial score (nSPS) is 10.3. The van der Waals surface area contributed by atoms with E-state index in [0.717, 1.165) is 5.39 Å². The molecule has 0 saturated heterocycles. The van der Waals surface area contributed by atoms with Crippen LogP contribution in [0.25, 0.3) is 10.8 Å². The third kappa shape index (κ3) is 4.71. The van der Waals surface area contributed by atoms with E-state index >= 15 is 0 Å². The first-order valence-corrected chi connectivity index (χ1v) is 8.88. The Bertz CT molecular complexity index is 1170. The maximum absolute atomic E-state index is 12.3. The second kappa shape index (κ2) is 8.74. The number of carboxylic acid groups (broad SMARTS) is 1. The largest absolute Gasteiger partial charge is 0.478 e. The number of benzene rings is 3. The fourth-order valence-electron chi connectivity index (χ4n) is 2.93. The Morgan fingerprint density at radius 1 is 0.967 bits per heavy atom. The molecule has 0 fully saturated rings. The molecule has 0 aliphatic carbocycles. The van der Waals surface area contributed by atoms with Gasteiger partial charge in [0.25, 0.3) is 5.91 Å². The number of aromatic carboxylic acids is 1. The van der Waals surface area contributed by atoms with Crippen molar-refractivity contribution in [1.82, 2.24) is 5.32 Å². The van der Waals surface area contributed by atoms with Gasteiger partial charge in [-0.1, -0.05) is 36.4 Å². The van der Waals surface area contributed by atoms with Crippen molar-refractivity contribution in [1.29, 1.82) is 0 Å². The van der Waals surface area contributed by atoms with Gasteiger partial charge in [-0.05, 0) is 35.0 Å². The van der Waals surface area contributed by atoms with Crippen molar-refractivity contribution in [2.24, 2.45) is 16.5 Å². The molecule has 0 radical (unpaired) electrons. The summed E-state index contributed by atoms with van der Waals surface area (Å²) in [5.74, 6) is -2.38. The van der Waals surface area contributed by atoms with Crippen LogP contribution in [0.15, 0.2) is 65.7 Å². The molecule has 9 nitrogen and oxygen atoms in total. The van der Waals surface area contributed by atoms with Gasteiger partial charge < -0.3 is 27.2 Å². The highest BCUT2D eigenvalue weighted by Gasteiger charge is 2.17. The lowest BCUT2D eigenvalue weighted by Crippen LogP contribution is -2.33. The quantitative estimate of drug-likeness (QED) is 0.310. The van der Waals surface area contributed by atoms with Crippen molar-refractivity contribution in [2.75, 3.05) is 11.9 Å². The molecule has 9 heteroatoms. The van der Waals surface area contributed by atoms with Crippen LogP contribution in [0.4, 0.5) is 11.4 Å². The van der Waals surface area contributed by atoms with Gasteiger partial charge in [0.15, 0.2) is 5.96 Å². The average molecular weight is 405 g/mol. The monoisotopic (exact) mass is 405 g/mol. The Hall–Kier alpha value is -4.40. The highest BCUT2D eigenvalue weighted by atomic mass is 16.4. The van der Waals surface area contributed by atoms with E-state index in [4.69, 9.17) is 11.5 Å². The van der Waals surface area contributed by atoms with Crippen LogP contribution in [0.1, 0.15) is 20.7 Å². The fourth-order valence-corrected chi connectivity index (χ4v) is 2.93. The number of rotatable bonds is 6. The number of carbonyl (C=O) groups excluding carboxylic acids is 2. The first-order valence-electron chi connectivity index (χ1n) is 8.88. The number of amides is 2. The summed E-state index contributed by atoms with van der Waals surface area (Å²) in [6, 6.07) is 16.4. The number of carboxylic acids is 1. The van der Waals surface area contributed by atoms with Gasteiger partial charge in [-0.3, -0.25) is 9.59 Å². The number of nitrogens with zero attached hydrogens (tertiary/aromatic N) is 1. The lowest BCUT2D eigenvalue weighted by atomic mass is 10.0. The summed E-state index contributed by atoms with van der Waals surface area (Å²) < 4.78 is 0. The Morgan fingerprint density at radius 2 is 1.73 bits per heavy atom. The zero-order valence-electron chi connectivity index (χ0n) is 15.8. The molecule has 3 aromatic rings. The van der Waals surface area contributed by atoms with Crippen molar-refractivity contribution in [3.63, 3.8) is 0 Å².